The van der Waals surface area contributed by atoms with Gasteiger partial charge in [-0.2, -0.15) is 20.1 Å². The highest BCUT2D eigenvalue weighted by Gasteiger charge is 2.11. The molecule has 0 radical (unpaired) electrons. The van der Waals surface area contributed by atoms with Crippen LogP contribution < -0.4 is 15.4 Å². The van der Waals surface area contributed by atoms with Crippen molar-refractivity contribution >= 4 is 28.9 Å². The lowest BCUT2D eigenvalue weighted by molar-refractivity contribution is -0.0504. The third-order valence-electron chi connectivity index (χ3n) is 2.95. The fraction of sp³-hybridized carbons (Fsp3) is 0.267. The van der Waals surface area contributed by atoms with Crippen molar-refractivity contribution in [3.63, 3.8) is 0 Å². The Labute approximate surface area is 142 Å². The summed E-state index contributed by atoms with van der Waals surface area (Å²) in [5.74, 6) is 0.643. The molecule has 0 atom stereocenters. The Bertz CT molecular complexity index is 650. The molecule has 2 N–H and O–H groups in total. The van der Waals surface area contributed by atoms with E-state index in [0.717, 1.165) is 5.56 Å². The maximum Gasteiger partial charge on any atom is 0.387 e. The Morgan fingerprint density at radius 2 is 2.09 bits per heavy atom. The minimum atomic E-state index is -2.88. The fourth-order valence-corrected chi connectivity index (χ4v) is 2.74. The summed E-state index contributed by atoms with van der Waals surface area (Å²) in [6.07, 6.45) is 0. The maximum absolute atomic E-state index is 12.4. The van der Waals surface area contributed by atoms with E-state index in [0.29, 0.717) is 23.1 Å². The van der Waals surface area contributed by atoms with Crippen LogP contribution in [0.15, 0.2) is 40.0 Å². The second-order valence-electron chi connectivity index (χ2n) is 4.54. The molecule has 0 bridgehead atoms. The first kappa shape index (κ1) is 17.5. The van der Waals surface area contributed by atoms with Gasteiger partial charge >= 0.3 is 6.61 Å². The molecule has 0 spiro atoms. The number of halogens is 3. The molecule has 0 saturated heterocycles. The van der Waals surface area contributed by atoms with E-state index in [1.807, 2.05) is 16.8 Å². The van der Waals surface area contributed by atoms with Crippen molar-refractivity contribution in [2.45, 2.75) is 19.7 Å². The van der Waals surface area contributed by atoms with Crippen LogP contribution in [-0.2, 0) is 13.1 Å². The lowest BCUT2D eigenvalue weighted by Gasteiger charge is -2.14. The number of hydrogen-bond acceptors (Lipinski definition) is 3. The van der Waals surface area contributed by atoms with Crippen LogP contribution in [-0.4, -0.2) is 19.6 Å². The van der Waals surface area contributed by atoms with Crippen molar-refractivity contribution in [3.05, 3.63) is 51.2 Å². The molecule has 1 heterocycles. The second-order valence-corrected chi connectivity index (χ2v) is 5.76. The van der Waals surface area contributed by atoms with E-state index in [-0.39, 0.29) is 12.3 Å². The van der Waals surface area contributed by atoms with Crippen LogP contribution in [0.25, 0.3) is 0 Å². The maximum atomic E-state index is 12.4. The van der Waals surface area contributed by atoms with Crippen molar-refractivity contribution in [2.75, 3.05) is 7.05 Å². The first-order chi connectivity index (χ1) is 11.1. The average molecular weight is 360 g/mol. The monoisotopic (exact) mass is 359 g/mol. The van der Waals surface area contributed by atoms with Crippen molar-refractivity contribution < 1.29 is 13.5 Å². The molecule has 8 heteroatoms. The third-order valence-corrected chi connectivity index (χ3v) is 3.92. The van der Waals surface area contributed by atoms with Gasteiger partial charge in [0, 0.05) is 30.7 Å². The summed E-state index contributed by atoms with van der Waals surface area (Å²) < 4.78 is 29.4. The van der Waals surface area contributed by atoms with Gasteiger partial charge in [-0.25, -0.2) is 0 Å². The van der Waals surface area contributed by atoms with Gasteiger partial charge in [0.1, 0.15) is 5.75 Å². The third kappa shape index (κ3) is 5.69. The number of guanidine groups is 1. The molecule has 1 aromatic heterocycles. The SMILES string of the molecule is CN=C(NCc1ccsc1)NCc1cc(Cl)ccc1OC(F)F. The molecular weight excluding hydrogens is 344 g/mol. The Kier molecular flexibility index (Phi) is 6.61. The van der Waals surface area contributed by atoms with Gasteiger partial charge < -0.3 is 15.4 Å². The highest BCUT2D eigenvalue weighted by atomic mass is 35.5. The standard InChI is InChI=1S/C15H16ClF2N3OS/c1-19-15(20-7-10-4-5-23-9-10)21-8-11-6-12(16)2-3-13(11)22-14(17)18/h2-6,9,14H,7-8H2,1H3,(H2,19,20,21). The number of nitrogens with one attached hydrogen (secondary N) is 2. The molecule has 2 rings (SSSR count). The Morgan fingerprint density at radius 1 is 1.30 bits per heavy atom. The van der Waals surface area contributed by atoms with E-state index in [4.69, 9.17) is 11.6 Å². The number of thiophene rings is 1. The van der Waals surface area contributed by atoms with E-state index in [9.17, 15) is 8.78 Å². The summed E-state index contributed by atoms with van der Waals surface area (Å²) in [6.45, 7) is -2.00. The number of rotatable bonds is 6. The summed E-state index contributed by atoms with van der Waals surface area (Å²) in [5.41, 5.74) is 1.67. The number of alkyl halides is 2. The van der Waals surface area contributed by atoms with Crippen molar-refractivity contribution in [1.82, 2.24) is 10.6 Å². The molecule has 0 aliphatic carbocycles. The van der Waals surface area contributed by atoms with Gasteiger partial charge in [0.05, 0.1) is 0 Å². The van der Waals surface area contributed by atoms with Gasteiger partial charge in [0.25, 0.3) is 0 Å². The lowest BCUT2D eigenvalue weighted by Crippen LogP contribution is -2.36. The van der Waals surface area contributed by atoms with Crippen LogP contribution in [0.2, 0.25) is 5.02 Å². The van der Waals surface area contributed by atoms with E-state index in [1.54, 1.807) is 24.5 Å². The smallest absolute Gasteiger partial charge is 0.387 e. The van der Waals surface area contributed by atoms with E-state index >= 15 is 0 Å². The molecule has 0 amide bonds. The largest absolute Gasteiger partial charge is 0.434 e. The molecule has 4 nitrogen and oxygen atoms in total. The number of benzene rings is 1. The normalized spacial score (nSPS) is 11.6. The summed E-state index contributed by atoms with van der Waals surface area (Å²) in [7, 11) is 1.64. The molecule has 2 aromatic rings. The predicted octanol–water partition coefficient (Wildman–Crippen LogP) is 3.87. The number of nitrogens with zero attached hydrogens (tertiary/aromatic N) is 1. The molecular formula is C15H16ClF2N3OS. The Hall–Kier alpha value is -1.86. The number of aliphatic imine (C=N–C) groups is 1. The van der Waals surface area contributed by atoms with Crippen LogP contribution in [0.5, 0.6) is 5.75 Å². The first-order valence-electron chi connectivity index (χ1n) is 6.77. The van der Waals surface area contributed by atoms with E-state index in [2.05, 4.69) is 20.4 Å². The van der Waals surface area contributed by atoms with Crippen LogP contribution in [0, 0.1) is 0 Å². The predicted molar refractivity (Wildman–Crippen MR) is 89.4 cm³/mol. The van der Waals surface area contributed by atoms with Crippen molar-refractivity contribution in [3.8, 4) is 5.75 Å². The van der Waals surface area contributed by atoms with Gasteiger partial charge in [-0.3, -0.25) is 4.99 Å². The minimum Gasteiger partial charge on any atom is -0.434 e. The van der Waals surface area contributed by atoms with Gasteiger partial charge in [0.15, 0.2) is 5.96 Å². The summed E-state index contributed by atoms with van der Waals surface area (Å²) in [4.78, 5) is 4.09. The molecule has 1 aromatic carbocycles. The first-order valence-corrected chi connectivity index (χ1v) is 8.09. The fourth-order valence-electron chi connectivity index (χ4n) is 1.88. The molecule has 0 aliphatic heterocycles. The zero-order chi connectivity index (χ0) is 16.7. The summed E-state index contributed by atoms with van der Waals surface area (Å²) >= 11 is 7.53. The minimum absolute atomic E-state index is 0.0881. The van der Waals surface area contributed by atoms with E-state index < -0.39 is 6.61 Å². The highest BCUT2D eigenvalue weighted by molar-refractivity contribution is 7.07. The van der Waals surface area contributed by atoms with E-state index in [1.165, 1.54) is 12.1 Å². The molecule has 23 heavy (non-hydrogen) atoms. The van der Waals surface area contributed by atoms with Crippen LogP contribution in [0.1, 0.15) is 11.1 Å². The van der Waals surface area contributed by atoms with Crippen molar-refractivity contribution in [1.29, 1.82) is 0 Å². The topological polar surface area (TPSA) is 45.7 Å². The Morgan fingerprint density at radius 3 is 2.74 bits per heavy atom. The summed E-state index contributed by atoms with van der Waals surface area (Å²) in [6, 6.07) is 6.52. The number of ether oxygens (including phenoxy) is 1. The summed E-state index contributed by atoms with van der Waals surface area (Å²) in [5, 5.41) is 10.7. The van der Waals surface area contributed by atoms with Crippen LogP contribution >= 0.6 is 22.9 Å². The van der Waals surface area contributed by atoms with Gasteiger partial charge in [-0.05, 0) is 40.6 Å². The molecule has 0 fully saturated rings. The quantitative estimate of drug-likeness (QED) is 0.608. The van der Waals surface area contributed by atoms with Gasteiger partial charge in [-0.15, -0.1) is 0 Å². The molecule has 0 saturated carbocycles. The number of hydrogen-bond donors (Lipinski definition) is 2. The van der Waals surface area contributed by atoms with Gasteiger partial charge in [0.2, 0.25) is 0 Å². The highest BCUT2D eigenvalue weighted by Crippen LogP contribution is 2.24. The van der Waals surface area contributed by atoms with Crippen LogP contribution in [0.3, 0.4) is 0 Å². The van der Waals surface area contributed by atoms with Crippen molar-refractivity contribution in [2.24, 2.45) is 4.99 Å². The zero-order valence-corrected chi connectivity index (χ0v) is 13.9. The zero-order valence-electron chi connectivity index (χ0n) is 12.4. The molecule has 0 aliphatic rings. The molecule has 0 unspecified atom stereocenters. The second kappa shape index (κ2) is 8.69. The van der Waals surface area contributed by atoms with Gasteiger partial charge in [-0.1, -0.05) is 11.6 Å². The Balaban J connectivity index is 1.96. The average Bonchev–Trinajstić information content (AvgIpc) is 3.03. The lowest BCUT2D eigenvalue weighted by atomic mass is 10.2. The van der Waals surface area contributed by atoms with Crippen LogP contribution in [0.4, 0.5) is 8.78 Å². The molecule has 124 valence electrons.